The minimum atomic E-state index is -0.843. The Morgan fingerprint density at radius 1 is 1.47 bits per heavy atom. The number of thiophene rings is 1. The number of rotatable bonds is 2. The number of amides is 2. The fraction of sp³-hybridized carbons (Fsp3) is 0.182. The summed E-state index contributed by atoms with van der Waals surface area (Å²) in [7, 11) is 0. The average Bonchev–Trinajstić information content (AvgIpc) is 2.70. The summed E-state index contributed by atoms with van der Waals surface area (Å²) in [5, 5.41) is 11.1. The van der Waals surface area contributed by atoms with E-state index in [2.05, 4.69) is 0 Å². The van der Waals surface area contributed by atoms with Gasteiger partial charge in [-0.2, -0.15) is 5.06 Å². The molecule has 1 unspecified atom stereocenters. The van der Waals surface area contributed by atoms with E-state index in [1.54, 1.807) is 18.3 Å². The number of urea groups is 1. The van der Waals surface area contributed by atoms with E-state index in [1.165, 1.54) is 0 Å². The van der Waals surface area contributed by atoms with Crippen LogP contribution in [0.3, 0.4) is 0 Å². The van der Waals surface area contributed by atoms with Crippen molar-refractivity contribution < 1.29 is 61.4 Å². The van der Waals surface area contributed by atoms with Crippen LogP contribution in [-0.4, -0.2) is 16.3 Å². The molecule has 0 spiro atoms. The van der Waals surface area contributed by atoms with Crippen molar-refractivity contribution in [2.75, 3.05) is 0 Å². The van der Waals surface area contributed by atoms with Crippen LogP contribution in [0.15, 0.2) is 30.3 Å². The molecule has 3 N–H and O–H groups in total. The predicted molar refractivity (Wildman–Crippen MR) is 63.4 cm³/mol. The summed E-state index contributed by atoms with van der Waals surface area (Å²) in [6, 6.07) is 8.60. The molecule has 0 bridgehead atoms. The second-order valence-electron chi connectivity index (χ2n) is 3.55. The largest absolute Gasteiger partial charge is 1.00 e. The van der Waals surface area contributed by atoms with Gasteiger partial charge in [-0.05, 0) is 24.4 Å². The maximum absolute atomic E-state index is 10.8. The minimum Gasteiger partial charge on any atom is -0.350 e. The van der Waals surface area contributed by atoms with Gasteiger partial charge < -0.3 is 5.73 Å². The third-order valence-electron chi connectivity index (χ3n) is 2.45. The molecule has 2 aromatic rings. The van der Waals surface area contributed by atoms with E-state index in [1.807, 2.05) is 30.3 Å². The first-order valence-corrected chi connectivity index (χ1v) is 5.67. The molecule has 0 fully saturated rings. The molecule has 0 saturated carbocycles. The molecule has 17 heavy (non-hydrogen) atoms. The molecule has 0 aliphatic heterocycles. The molecule has 0 aliphatic rings. The second-order valence-corrected chi connectivity index (χ2v) is 4.66. The monoisotopic (exact) mass is 275 g/mol. The summed E-state index contributed by atoms with van der Waals surface area (Å²) >= 11 is 1.54. The first-order valence-electron chi connectivity index (χ1n) is 4.85. The summed E-state index contributed by atoms with van der Waals surface area (Å²) in [6.07, 6.45) is 0. The fourth-order valence-corrected chi connectivity index (χ4v) is 2.62. The molecule has 2 rings (SSSR count). The van der Waals surface area contributed by atoms with Gasteiger partial charge in [0.2, 0.25) is 0 Å². The number of carbonyl (C=O) groups is 1. The predicted octanol–water partition coefficient (Wildman–Crippen LogP) is -0.264. The fourth-order valence-electron chi connectivity index (χ4n) is 1.52. The molecule has 0 radical (unpaired) electrons. The van der Waals surface area contributed by atoms with Gasteiger partial charge in [0.15, 0.2) is 0 Å². The van der Waals surface area contributed by atoms with Crippen molar-refractivity contribution >= 4 is 27.5 Å². The molecular formula is C11H12KN2O2S+. The number of carbonyl (C=O) groups excluding carboxylic acids is 1. The Labute approximate surface area is 146 Å². The van der Waals surface area contributed by atoms with Gasteiger partial charge in [-0.1, -0.05) is 18.2 Å². The van der Waals surface area contributed by atoms with Crippen LogP contribution in [0.5, 0.6) is 0 Å². The van der Waals surface area contributed by atoms with Gasteiger partial charge >= 0.3 is 57.4 Å². The molecule has 1 aromatic carbocycles. The van der Waals surface area contributed by atoms with Gasteiger partial charge in [0.25, 0.3) is 0 Å². The number of hydroxylamine groups is 2. The molecular weight excluding hydrogens is 263 g/mol. The first kappa shape index (κ1) is 15.1. The molecule has 0 aliphatic carbocycles. The standard InChI is InChI=1S/C11H12N2O2S.K/c1-7(13(15)11(12)14)10-6-8-4-2-3-5-9(8)16-10;/h2-7,15H,1H3,(H2,12,14);/q;+1. The molecule has 1 atom stereocenters. The van der Waals surface area contributed by atoms with Crippen LogP contribution in [0.2, 0.25) is 0 Å². The SMILES string of the molecule is CC(c1cc2ccccc2s1)N(O)C(N)=O.[K+]. The number of fused-ring (bicyclic) bond motifs is 1. The Balaban J connectivity index is 0.00000144. The number of nitrogens with two attached hydrogens (primary N) is 1. The Morgan fingerprint density at radius 2 is 2.12 bits per heavy atom. The van der Waals surface area contributed by atoms with Crippen LogP contribution < -0.4 is 57.1 Å². The van der Waals surface area contributed by atoms with Crippen molar-refractivity contribution in [2.24, 2.45) is 5.73 Å². The molecule has 6 heteroatoms. The zero-order valence-corrected chi connectivity index (χ0v) is 13.7. The quantitative estimate of drug-likeness (QED) is 0.450. The van der Waals surface area contributed by atoms with Crippen molar-refractivity contribution in [1.29, 1.82) is 0 Å². The first-order chi connectivity index (χ1) is 7.59. The summed E-state index contributed by atoms with van der Waals surface area (Å²) in [5.74, 6) is 0. The maximum atomic E-state index is 10.8. The van der Waals surface area contributed by atoms with E-state index < -0.39 is 12.1 Å². The number of nitrogens with zero attached hydrogens (tertiary/aromatic N) is 1. The molecule has 1 aromatic heterocycles. The van der Waals surface area contributed by atoms with Gasteiger partial charge in [-0.3, -0.25) is 5.21 Å². The van der Waals surface area contributed by atoms with Crippen LogP contribution in [0.4, 0.5) is 4.79 Å². The Hall–Kier alpha value is 0.0464. The van der Waals surface area contributed by atoms with Crippen LogP contribution in [-0.2, 0) is 0 Å². The third-order valence-corrected chi connectivity index (χ3v) is 3.74. The Bertz CT molecular complexity index is 496. The third kappa shape index (κ3) is 3.28. The summed E-state index contributed by atoms with van der Waals surface area (Å²) < 4.78 is 1.13. The number of hydrogen-bond acceptors (Lipinski definition) is 3. The van der Waals surface area contributed by atoms with Crippen LogP contribution in [0.25, 0.3) is 10.1 Å². The van der Waals surface area contributed by atoms with Crippen molar-refractivity contribution in [2.45, 2.75) is 13.0 Å². The van der Waals surface area contributed by atoms with E-state index in [4.69, 9.17) is 5.73 Å². The van der Waals surface area contributed by atoms with Gasteiger partial charge in [0, 0.05) is 9.58 Å². The van der Waals surface area contributed by atoms with E-state index in [0.717, 1.165) is 15.0 Å². The zero-order valence-electron chi connectivity index (χ0n) is 9.75. The number of primary amides is 1. The van der Waals surface area contributed by atoms with E-state index in [-0.39, 0.29) is 51.4 Å². The van der Waals surface area contributed by atoms with Crippen molar-refractivity contribution in [1.82, 2.24) is 5.06 Å². The van der Waals surface area contributed by atoms with E-state index >= 15 is 0 Å². The molecule has 2 amide bonds. The minimum absolute atomic E-state index is 0. The average molecular weight is 275 g/mol. The maximum Gasteiger partial charge on any atom is 1.00 e. The van der Waals surface area contributed by atoms with Crippen LogP contribution in [0, 0.1) is 0 Å². The topological polar surface area (TPSA) is 66.6 Å². The van der Waals surface area contributed by atoms with Gasteiger partial charge in [-0.25, -0.2) is 4.79 Å². The summed E-state index contributed by atoms with van der Waals surface area (Å²) in [5.41, 5.74) is 5.01. The Morgan fingerprint density at radius 3 is 2.71 bits per heavy atom. The van der Waals surface area contributed by atoms with Crippen molar-refractivity contribution in [3.8, 4) is 0 Å². The van der Waals surface area contributed by atoms with E-state index in [9.17, 15) is 10.0 Å². The zero-order chi connectivity index (χ0) is 11.7. The van der Waals surface area contributed by atoms with Crippen molar-refractivity contribution in [3.63, 3.8) is 0 Å². The number of benzene rings is 1. The van der Waals surface area contributed by atoms with Gasteiger partial charge in [0.05, 0.1) is 6.04 Å². The van der Waals surface area contributed by atoms with E-state index in [0.29, 0.717) is 5.06 Å². The van der Waals surface area contributed by atoms with Crippen molar-refractivity contribution in [3.05, 3.63) is 35.2 Å². The second kappa shape index (κ2) is 6.28. The van der Waals surface area contributed by atoms with Gasteiger partial charge in [-0.15, -0.1) is 11.3 Å². The number of hydrogen-bond donors (Lipinski definition) is 2. The summed E-state index contributed by atoms with van der Waals surface area (Å²) in [4.78, 5) is 11.7. The Kier molecular flexibility index (Phi) is 5.58. The van der Waals surface area contributed by atoms with Crippen LogP contribution in [0.1, 0.15) is 17.8 Å². The molecule has 84 valence electrons. The van der Waals surface area contributed by atoms with Crippen LogP contribution >= 0.6 is 11.3 Å². The molecule has 0 saturated heterocycles. The van der Waals surface area contributed by atoms with Gasteiger partial charge in [0.1, 0.15) is 0 Å². The normalized spacial score (nSPS) is 11.9. The molecule has 4 nitrogen and oxygen atoms in total. The smallest absolute Gasteiger partial charge is 0.350 e. The molecule has 1 heterocycles. The summed E-state index contributed by atoms with van der Waals surface area (Å²) in [6.45, 7) is 1.73.